The van der Waals surface area contributed by atoms with Gasteiger partial charge in [-0.05, 0) is 48.0 Å². The second-order valence-corrected chi connectivity index (χ2v) is 7.97. The first kappa shape index (κ1) is 20.9. The van der Waals surface area contributed by atoms with Crippen molar-refractivity contribution in [2.45, 2.75) is 0 Å². The first-order valence-electron chi connectivity index (χ1n) is 9.66. The number of carbonyl (C=O) groups is 1. The van der Waals surface area contributed by atoms with Gasteiger partial charge in [-0.15, -0.1) is 0 Å². The van der Waals surface area contributed by atoms with E-state index in [-0.39, 0.29) is 25.6 Å². The molecule has 0 atom stereocenters. The topological polar surface area (TPSA) is 71.2 Å². The van der Waals surface area contributed by atoms with Crippen molar-refractivity contribution in [1.82, 2.24) is 4.90 Å². The first-order valence-corrected chi connectivity index (χ1v) is 10.0. The molecule has 1 fully saturated rings. The fourth-order valence-corrected chi connectivity index (χ4v) is 3.79. The zero-order valence-corrected chi connectivity index (χ0v) is 17.2. The number of carboxylic acids is 1. The molecule has 0 aliphatic carbocycles. The summed E-state index contributed by atoms with van der Waals surface area (Å²) in [5.74, 6) is -0.950. The highest BCUT2D eigenvalue weighted by molar-refractivity contribution is 6.33. The maximum absolute atomic E-state index is 13.1. The molecule has 1 heterocycles. The van der Waals surface area contributed by atoms with Crippen LogP contribution in [0.1, 0.15) is 10.4 Å². The lowest BCUT2D eigenvalue weighted by Crippen LogP contribution is -2.64. The van der Waals surface area contributed by atoms with Crippen LogP contribution < -0.4 is 4.74 Å². The molecule has 2 N–H and O–H groups in total. The van der Waals surface area contributed by atoms with E-state index in [9.17, 15) is 19.1 Å². The van der Waals surface area contributed by atoms with Gasteiger partial charge in [0.25, 0.3) is 5.91 Å². The standard InChI is InChI=1S/C24H19ClFNO4/c25-21-4-2-1-3-20(21)16-7-11-19(12-8-16)31-15-24(23(29)30)13-27(14-24)22(28)17-5-9-18(26)10-6-17/h1-12H,13-15H2,(H,29,30)/p+1. The largest absolute Gasteiger partial charge is 0.494 e. The van der Waals surface area contributed by atoms with E-state index in [1.807, 2.05) is 36.4 Å². The Morgan fingerprint density at radius 2 is 1.71 bits per heavy atom. The van der Waals surface area contributed by atoms with E-state index in [4.69, 9.17) is 16.3 Å². The molecule has 3 aromatic rings. The lowest BCUT2D eigenvalue weighted by molar-refractivity contribution is 0.00514. The third-order valence-electron chi connectivity index (χ3n) is 5.39. The van der Waals surface area contributed by atoms with Crippen LogP contribution >= 0.6 is 11.6 Å². The molecule has 0 spiro atoms. The summed E-state index contributed by atoms with van der Waals surface area (Å²) in [6.07, 6.45) is 0. The molecule has 1 saturated heterocycles. The highest BCUT2D eigenvalue weighted by Gasteiger charge is 2.56. The van der Waals surface area contributed by atoms with E-state index >= 15 is 0 Å². The zero-order valence-electron chi connectivity index (χ0n) is 16.5. The molecule has 4 rings (SSSR count). The number of nitrogens with zero attached hydrogens (tertiary/aromatic N) is 1. The highest BCUT2D eigenvalue weighted by atomic mass is 35.5. The second kappa shape index (κ2) is 8.40. The summed E-state index contributed by atoms with van der Waals surface area (Å²) in [7, 11) is 0. The monoisotopic (exact) mass is 440 g/mol. The lowest BCUT2D eigenvalue weighted by atomic mass is 9.80. The number of aliphatic carboxylic acids is 1. The van der Waals surface area contributed by atoms with Crippen molar-refractivity contribution in [1.29, 1.82) is 0 Å². The molecule has 0 bridgehead atoms. The van der Waals surface area contributed by atoms with E-state index < -0.39 is 17.2 Å². The Bertz CT molecular complexity index is 1110. The molecule has 3 aromatic carbocycles. The number of hydrogen-bond acceptors (Lipinski definition) is 2. The van der Waals surface area contributed by atoms with Gasteiger partial charge >= 0.3 is 5.97 Å². The normalized spacial score (nSPS) is 14.6. The summed E-state index contributed by atoms with van der Waals surface area (Å²) in [6, 6.07) is 20.0. The van der Waals surface area contributed by atoms with Gasteiger partial charge in [0, 0.05) is 29.2 Å². The molecule has 0 unspecified atom stereocenters. The SMILES string of the molecule is O=C(c1ccc(F)cc1)N1CC(COc2ccc(-c3ccccc3Cl)cc2)(C(O)=[OH+])C1. The van der Waals surface area contributed by atoms with Crippen molar-refractivity contribution in [3.8, 4) is 16.9 Å². The van der Waals surface area contributed by atoms with Crippen LogP contribution in [0.3, 0.4) is 0 Å². The van der Waals surface area contributed by atoms with Crippen LogP contribution in [0.25, 0.3) is 11.1 Å². The second-order valence-electron chi connectivity index (χ2n) is 7.56. The van der Waals surface area contributed by atoms with Crippen LogP contribution in [0, 0.1) is 11.2 Å². The minimum atomic E-state index is -1.07. The Labute approximate surface area is 183 Å². The number of aliphatic hydroxyl groups excluding tert-OH is 1. The molecule has 0 radical (unpaired) electrons. The molecule has 5 nitrogen and oxygen atoms in total. The smallest absolute Gasteiger partial charge is 0.492 e. The van der Waals surface area contributed by atoms with Gasteiger partial charge in [0.2, 0.25) is 0 Å². The maximum Gasteiger partial charge on any atom is 0.494 e. The number of likely N-dealkylation sites (tertiary alicyclic amines) is 1. The summed E-state index contributed by atoms with van der Waals surface area (Å²) < 4.78 is 18.8. The molecule has 1 aliphatic rings. The third kappa shape index (κ3) is 4.25. The van der Waals surface area contributed by atoms with Crippen molar-refractivity contribution in [2.75, 3.05) is 19.7 Å². The number of benzene rings is 3. The van der Waals surface area contributed by atoms with Crippen molar-refractivity contribution in [2.24, 2.45) is 5.41 Å². The summed E-state index contributed by atoms with van der Waals surface area (Å²) >= 11 is 6.23. The minimum absolute atomic E-state index is 0.00598. The molecule has 1 amide bonds. The van der Waals surface area contributed by atoms with Gasteiger partial charge < -0.3 is 19.5 Å². The summed E-state index contributed by atoms with van der Waals surface area (Å²) in [5.41, 5.74) is 1.10. The predicted octanol–water partition coefficient (Wildman–Crippen LogP) is 4.73. The predicted molar refractivity (Wildman–Crippen MR) is 117 cm³/mol. The van der Waals surface area contributed by atoms with E-state index in [0.29, 0.717) is 16.3 Å². The van der Waals surface area contributed by atoms with Crippen molar-refractivity contribution in [3.05, 3.63) is 89.2 Å². The van der Waals surface area contributed by atoms with Crippen LogP contribution in [-0.4, -0.2) is 46.4 Å². The van der Waals surface area contributed by atoms with Crippen LogP contribution in [-0.2, 0) is 0 Å². The minimum Gasteiger partial charge on any atom is -0.492 e. The van der Waals surface area contributed by atoms with Gasteiger partial charge in [0.1, 0.15) is 18.2 Å². The molecule has 31 heavy (non-hydrogen) atoms. The average molecular weight is 441 g/mol. The zero-order chi connectivity index (χ0) is 22.0. The van der Waals surface area contributed by atoms with Crippen LogP contribution in [0.15, 0.2) is 72.8 Å². The Balaban J connectivity index is 1.40. The molecule has 1 aliphatic heterocycles. The van der Waals surface area contributed by atoms with Gasteiger partial charge in [-0.3, -0.25) is 4.79 Å². The summed E-state index contributed by atoms with van der Waals surface area (Å²) in [4.78, 5) is 23.8. The van der Waals surface area contributed by atoms with E-state index in [2.05, 4.69) is 0 Å². The van der Waals surface area contributed by atoms with Crippen LogP contribution in [0.4, 0.5) is 4.39 Å². The number of carboxylic acid groups (broad SMARTS) is 1. The Morgan fingerprint density at radius 3 is 2.32 bits per heavy atom. The van der Waals surface area contributed by atoms with E-state index in [1.165, 1.54) is 29.2 Å². The molecule has 158 valence electrons. The Kier molecular flexibility index (Phi) is 5.65. The third-order valence-corrected chi connectivity index (χ3v) is 5.72. The van der Waals surface area contributed by atoms with Gasteiger partial charge in [0.15, 0.2) is 5.41 Å². The number of carbonyl (C=O) groups excluding carboxylic acids is 1. The number of amides is 1. The average Bonchev–Trinajstić information content (AvgIpc) is 2.74. The molecule has 0 aromatic heterocycles. The number of rotatable bonds is 6. The van der Waals surface area contributed by atoms with E-state index in [0.717, 1.165) is 11.1 Å². The van der Waals surface area contributed by atoms with Crippen molar-refractivity contribution < 1.29 is 23.8 Å². The van der Waals surface area contributed by atoms with Gasteiger partial charge in [-0.2, -0.15) is 0 Å². The fraction of sp³-hybridized carbons (Fsp3) is 0.167. The first-order chi connectivity index (χ1) is 14.9. The van der Waals surface area contributed by atoms with Crippen LogP contribution in [0.2, 0.25) is 5.02 Å². The number of hydrogen-bond donors (Lipinski definition) is 1. The Hall–Kier alpha value is -3.38. The number of halogens is 2. The molecule has 0 saturated carbocycles. The maximum atomic E-state index is 13.1. The van der Waals surface area contributed by atoms with Crippen molar-refractivity contribution in [3.63, 3.8) is 0 Å². The fourth-order valence-electron chi connectivity index (χ4n) is 3.55. The summed E-state index contributed by atoms with van der Waals surface area (Å²) in [5, 5.41) is 10.5. The summed E-state index contributed by atoms with van der Waals surface area (Å²) in [6.45, 7) is 0.167. The number of ether oxygens (including phenoxy) is 1. The Morgan fingerprint density at radius 1 is 1.06 bits per heavy atom. The van der Waals surface area contributed by atoms with Crippen molar-refractivity contribution >= 4 is 23.5 Å². The van der Waals surface area contributed by atoms with Gasteiger partial charge in [-0.1, -0.05) is 41.9 Å². The quantitative estimate of drug-likeness (QED) is 0.563. The molecule has 7 heteroatoms. The van der Waals surface area contributed by atoms with Crippen LogP contribution in [0.5, 0.6) is 5.75 Å². The van der Waals surface area contributed by atoms with Gasteiger partial charge in [0.05, 0.1) is 0 Å². The molecular weight excluding hydrogens is 421 g/mol. The van der Waals surface area contributed by atoms with Gasteiger partial charge in [-0.25, -0.2) is 4.39 Å². The lowest BCUT2D eigenvalue weighted by Gasteiger charge is -2.44. The van der Waals surface area contributed by atoms with E-state index in [1.54, 1.807) is 12.1 Å². The molecular formula is C24H20ClFNO4+. The highest BCUT2D eigenvalue weighted by Crippen LogP contribution is 2.34.